The van der Waals surface area contributed by atoms with Crippen molar-refractivity contribution in [1.82, 2.24) is 20.4 Å². The second kappa shape index (κ2) is 7.48. The summed E-state index contributed by atoms with van der Waals surface area (Å²) in [6, 6.07) is 4.80. The molecule has 2 aromatic rings. The van der Waals surface area contributed by atoms with Crippen molar-refractivity contribution in [3.05, 3.63) is 41.9 Å². The molecule has 26 heavy (non-hydrogen) atoms. The van der Waals surface area contributed by atoms with Crippen molar-refractivity contribution in [1.29, 1.82) is 0 Å². The fourth-order valence-corrected chi connectivity index (χ4v) is 3.53. The highest BCUT2D eigenvalue weighted by Crippen LogP contribution is 2.40. The fourth-order valence-electron chi connectivity index (χ4n) is 2.43. The minimum atomic E-state index is -0.625. The largest absolute Gasteiger partial charge is 0.504 e. The highest BCUT2D eigenvalue weighted by atomic mass is 32.2. The Bertz CT molecular complexity index is 847. The average molecular weight is 375 g/mol. The Kier molecular flexibility index (Phi) is 5.12. The zero-order chi connectivity index (χ0) is 18.7. The lowest BCUT2D eigenvalue weighted by Gasteiger charge is -2.25. The van der Waals surface area contributed by atoms with Crippen LogP contribution in [0.25, 0.3) is 0 Å². The van der Waals surface area contributed by atoms with Crippen molar-refractivity contribution in [2.45, 2.75) is 12.3 Å². The zero-order valence-electron chi connectivity index (χ0n) is 13.9. The van der Waals surface area contributed by atoms with E-state index >= 15 is 0 Å². The minimum absolute atomic E-state index is 0.00726. The molecule has 1 aliphatic rings. The van der Waals surface area contributed by atoms with E-state index in [0.29, 0.717) is 17.9 Å². The van der Waals surface area contributed by atoms with Gasteiger partial charge in [0.05, 0.1) is 12.4 Å². The van der Waals surface area contributed by atoms with Crippen molar-refractivity contribution in [2.24, 2.45) is 0 Å². The monoisotopic (exact) mass is 375 g/mol. The highest BCUT2D eigenvalue weighted by molar-refractivity contribution is 8.00. The van der Waals surface area contributed by atoms with Gasteiger partial charge in [-0.05, 0) is 24.6 Å². The van der Waals surface area contributed by atoms with Gasteiger partial charge in [-0.1, -0.05) is 6.07 Å². The number of nitrogen functional groups attached to an aromatic ring is 1. The van der Waals surface area contributed by atoms with E-state index in [0.717, 1.165) is 0 Å². The first-order valence-corrected chi connectivity index (χ1v) is 8.83. The number of nitrogens with two attached hydrogens (primary N) is 1. The van der Waals surface area contributed by atoms with Gasteiger partial charge in [-0.25, -0.2) is 15.0 Å². The van der Waals surface area contributed by atoms with E-state index < -0.39 is 11.3 Å². The zero-order valence-corrected chi connectivity index (χ0v) is 14.7. The van der Waals surface area contributed by atoms with Crippen molar-refractivity contribution in [3.8, 4) is 11.5 Å². The molecule has 0 bridgehead atoms. The van der Waals surface area contributed by atoms with Crippen LogP contribution in [0.4, 0.5) is 5.82 Å². The lowest BCUT2D eigenvalue weighted by atomic mass is 10.2. The molecule has 1 saturated heterocycles. The molecule has 3 rings (SSSR count). The van der Waals surface area contributed by atoms with Crippen LogP contribution in [-0.4, -0.2) is 44.3 Å². The molecule has 0 spiro atoms. The number of ether oxygens (including phenoxy) is 1. The van der Waals surface area contributed by atoms with E-state index in [1.54, 1.807) is 19.1 Å². The van der Waals surface area contributed by atoms with Crippen LogP contribution >= 0.6 is 11.8 Å². The topological polar surface area (TPSA) is 131 Å². The Balaban J connectivity index is 1.84. The van der Waals surface area contributed by atoms with Gasteiger partial charge in [0.25, 0.3) is 11.8 Å². The Labute approximate surface area is 153 Å². The van der Waals surface area contributed by atoms with E-state index in [1.165, 1.54) is 35.2 Å². The molecule has 4 N–H and O–H groups in total. The van der Waals surface area contributed by atoms with Crippen molar-refractivity contribution in [2.75, 3.05) is 18.1 Å². The summed E-state index contributed by atoms with van der Waals surface area (Å²) in [6.07, 6.45) is 2.72. The highest BCUT2D eigenvalue weighted by Gasteiger charge is 2.35. The molecule has 2 heterocycles. The second-order valence-electron chi connectivity index (χ2n) is 5.32. The molecule has 2 amide bonds. The molecular formula is C16H17N5O4S. The van der Waals surface area contributed by atoms with Crippen molar-refractivity contribution >= 4 is 29.4 Å². The summed E-state index contributed by atoms with van der Waals surface area (Å²) in [7, 11) is 0. The van der Waals surface area contributed by atoms with Crippen LogP contribution in [0.3, 0.4) is 0 Å². The first kappa shape index (κ1) is 17.8. The van der Waals surface area contributed by atoms with Gasteiger partial charge in [0.1, 0.15) is 5.37 Å². The van der Waals surface area contributed by atoms with Gasteiger partial charge in [-0.3, -0.25) is 15.0 Å². The van der Waals surface area contributed by atoms with E-state index in [2.05, 4.69) is 15.4 Å². The summed E-state index contributed by atoms with van der Waals surface area (Å²) < 4.78 is 5.38. The number of hydrogen-bond donors (Lipinski definition) is 3. The fraction of sp³-hybridized carbons (Fsp3) is 0.250. The van der Waals surface area contributed by atoms with Gasteiger partial charge in [-0.15, -0.1) is 11.8 Å². The van der Waals surface area contributed by atoms with E-state index in [9.17, 15) is 14.7 Å². The molecule has 9 nitrogen and oxygen atoms in total. The number of phenols is 1. The SMILES string of the molecule is CCOc1cc([C@H]2SCC(=O)N2NC(=O)c2nccnc2N)ccc1O. The first-order valence-electron chi connectivity index (χ1n) is 7.78. The smallest absolute Gasteiger partial charge is 0.292 e. The molecule has 1 atom stereocenters. The molecule has 136 valence electrons. The van der Waals surface area contributed by atoms with Crippen LogP contribution in [-0.2, 0) is 4.79 Å². The van der Waals surface area contributed by atoms with Crippen LogP contribution in [0.2, 0.25) is 0 Å². The number of anilines is 1. The average Bonchev–Trinajstić information content (AvgIpc) is 2.98. The number of aromatic hydroxyl groups is 1. The van der Waals surface area contributed by atoms with Crippen LogP contribution < -0.4 is 15.9 Å². The third kappa shape index (κ3) is 3.49. The summed E-state index contributed by atoms with van der Waals surface area (Å²) in [5.41, 5.74) is 8.84. The molecule has 0 aliphatic carbocycles. The van der Waals surface area contributed by atoms with Gasteiger partial charge in [0, 0.05) is 12.4 Å². The Hall–Kier alpha value is -3.01. The maximum atomic E-state index is 12.4. The van der Waals surface area contributed by atoms with Crippen LogP contribution in [0.5, 0.6) is 11.5 Å². The number of amides is 2. The number of hydrazine groups is 1. The number of benzene rings is 1. The number of phenolic OH excluding ortho intramolecular Hbond substituents is 1. The van der Waals surface area contributed by atoms with E-state index in [1.807, 2.05) is 0 Å². The third-order valence-corrected chi connectivity index (χ3v) is 4.81. The lowest BCUT2D eigenvalue weighted by Crippen LogP contribution is -2.45. The molecule has 1 aromatic heterocycles. The molecule has 1 aliphatic heterocycles. The number of hydrogen-bond acceptors (Lipinski definition) is 8. The summed E-state index contributed by atoms with van der Waals surface area (Å²) in [5.74, 6) is -0.389. The summed E-state index contributed by atoms with van der Waals surface area (Å²) in [4.78, 5) is 32.3. The Morgan fingerprint density at radius 2 is 2.23 bits per heavy atom. The van der Waals surface area contributed by atoms with Gasteiger partial charge in [0.2, 0.25) is 0 Å². The molecule has 10 heteroatoms. The Morgan fingerprint density at radius 1 is 1.46 bits per heavy atom. The lowest BCUT2D eigenvalue weighted by molar-refractivity contribution is -0.130. The van der Waals surface area contributed by atoms with Gasteiger partial charge in [-0.2, -0.15) is 0 Å². The summed E-state index contributed by atoms with van der Waals surface area (Å²) in [6.45, 7) is 2.19. The number of rotatable bonds is 5. The van der Waals surface area contributed by atoms with E-state index in [4.69, 9.17) is 10.5 Å². The Morgan fingerprint density at radius 3 is 2.96 bits per heavy atom. The standard InChI is InChI=1S/C16H17N5O4S/c1-2-25-11-7-9(3-4-10(11)22)16-21(12(23)8-26-16)20-15(24)13-14(17)19-6-5-18-13/h3-7,16,22H,2,8H2,1H3,(H2,17,19)(H,20,24)/t16-/m1/s1. The van der Waals surface area contributed by atoms with Crippen LogP contribution in [0.1, 0.15) is 28.3 Å². The maximum absolute atomic E-state index is 12.4. The molecule has 1 fully saturated rings. The normalized spacial score (nSPS) is 16.6. The molecular weight excluding hydrogens is 358 g/mol. The molecule has 0 unspecified atom stereocenters. The predicted octanol–water partition coefficient (Wildman–Crippen LogP) is 1.08. The number of nitrogens with one attached hydrogen (secondary N) is 1. The number of nitrogens with zero attached hydrogens (tertiary/aromatic N) is 3. The van der Waals surface area contributed by atoms with Crippen molar-refractivity contribution < 1.29 is 19.4 Å². The maximum Gasteiger partial charge on any atom is 0.292 e. The number of aromatic nitrogens is 2. The summed E-state index contributed by atoms with van der Waals surface area (Å²) >= 11 is 1.34. The van der Waals surface area contributed by atoms with Gasteiger partial charge >= 0.3 is 0 Å². The first-order chi connectivity index (χ1) is 12.5. The van der Waals surface area contributed by atoms with Crippen LogP contribution in [0.15, 0.2) is 30.6 Å². The molecule has 0 saturated carbocycles. The van der Waals surface area contributed by atoms with Crippen LogP contribution in [0, 0.1) is 0 Å². The van der Waals surface area contributed by atoms with Gasteiger partial charge in [0.15, 0.2) is 23.0 Å². The number of carbonyl (C=O) groups is 2. The van der Waals surface area contributed by atoms with E-state index in [-0.39, 0.29) is 28.9 Å². The minimum Gasteiger partial charge on any atom is -0.504 e. The van der Waals surface area contributed by atoms with Gasteiger partial charge < -0.3 is 15.6 Å². The predicted molar refractivity (Wildman–Crippen MR) is 95.2 cm³/mol. The quantitative estimate of drug-likeness (QED) is 0.708. The third-order valence-electron chi connectivity index (χ3n) is 3.60. The summed E-state index contributed by atoms with van der Waals surface area (Å²) in [5, 5.41) is 10.6. The van der Waals surface area contributed by atoms with Crippen molar-refractivity contribution in [3.63, 3.8) is 0 Å². The molecule has 1 aromatic carbocycles. The number of carbonyl (C=O) groups excluding carboxylic acids is 2. The second-order valence-corrected chi connectivity index (χ2v) is 6.39. The number of thioether (sulfide) groups is 1. The molecule has 0 radical (unpaired) electrons.